The predicted octanol–water partition coefficient (Wildman–Crippen LogP) is 4.82. The van der Waals surface area contributed by atoms with E-state index in [0.717, 1.165) is 16.3 Å². The van der Waals surface area contributed by atoms with Gasteiger partial charge in [-0.1, -0.05) is 36.4 Å². The summed E-state index contributed by atoms with van der Waals surface area (Å²) in [4.78, 5) is 0. The van der Waals surface area contributed by atoms with Gasteiger partial charge in [-0.2, -0.15) is 0 Å². The first-order chi connectivity index (χ1) is 7.28. The van der Waals surface area contributed by atoms with Crippen LogP contribution >= 0.6 is 22.6 Å². The highest BCUT2D eigenvalue weighted by Crippen LogP contribution is 2.41. The van der Waals surface area contributed by atoms with E-state index < -0.39 is 0 Å². The molecule has 0 spiro atoms. The SMILES string of the molecule is CC(C)C1CCC(CI)(OC(C)(C)C)CC1. The topological polar surface area (TPSA) is 9.23 Å². The standard InChI is InChI=1S/C14H27IO/c1-11(2)12-6-8-14(10-15,9-7-12)16-13(3,4)5/h11-12H,6-10H2,1-5H3. The molecule has 0 aromatic carbocycles. The molecule has 1 nitrogen and oxygen atoms in total. The smallest absolute Gasteiger partial charge is 0.0778 e. The van der Waals surface area contributed by atoms with Crippen molar-refractivity contribution < 1.29 is 4.74 Å². The molecule has 0 unspecified atom stereocenters. The summed E-state index contributed by atoms with van der Waals surface area (Å²) >= 11 is 2.50. The van der Waals surface area contributed by atoms with Gasteiger partial charge in [0.2, 0.25) is 0 Å². The molecule has 1 fully saturated rings. The molecule has 2 heteroatoms. The minimum Gasteiger partial charge on any atom is -0.369 e. The number of alkyl halides is 1. The van der Waals surface area contributed by atoms with Crippen LogP contribution in [0.25, 0.3) is 0 Å². The van der Waals surface area contributed by atoms with Crippen LogP contribution in [0.15, 0.2) is 0 Å². The zero-order valence-corrected chi connectivity index (χ0v) is 13.6. The summed E-state index contributed by atoms with van der Waals surface area (Å²) in [6.45, 7) is 11.2. The van der Waals surface area contributed by atoms with Gasteiger partial charge in [-0.3, -0.25) is 0 Å². The highest BCUT2D eigenvalue weighted by molar-refractivity contribution is 14.1. The van der Waals surface area contributed by atoms with Crippen LogP contribution in [0.3, 0.4) is 0 Å². The van der Waals surface area contributed by atoms with Crippen LogP contribution in [-0.4, -0.2) is 15.6 Å². The number of ether oxygens (including phenoxy) is 1. The molecule has 0 bridgehead atoms. The largest absolute Gasteiger partial charge is 0.369 e. The van der Waals surface area contributed by atoms with Crippen LogP contribution in [0.4, 0.5) is 0 Å². The molecule has 0 aromatic heterocycles. The Hall–Kier alpha value is 0.690. The Kier molecular flexibility index (Phi) is 5.12. The second kappa shape index (κ2) is 5.55. The first kappa shape index (κ1) is 14.7. The summed E-state index contributed by atoms with van der Waals surface area (Å²) in [6.07, 6.45) is 5.18. The van der Waals surface area contributed by atoms with Crippen LogP contribution in [0, 0.1) is 11.8 Å². The Morgan fingerprint density at radius 3 is 2.06 bits per heavy atom. The molecular weight excluding hydrogens is 311 g/mol. The summed E-state index contributed by atoms with van der Waals surface area (Å²) in [5.74, 6) is 1.75. The third kappa shape index (κ3) is 4.17. The van der Waals surface area contributed by atoms with Crippen molar-refractivity contribution in [2.45, 2.75) is 71.5 Å². The van der Waals surface area contributed by atoms with Crippen LogP contribution in [0.5, 0.6) is 0 Å². The first-order valence-electron chi connectivity index (χ1n) is 6.54. The van der Waals surface area contributed by atoms with Gasteiger partial charge in [-0.15, -0.1) is 0 Å². The van der Waals surface area contributed by atoms with Gasteiger partial charge in [0.25, 0.3) is 0 Å². The highest BCUT2D eigenvalue weighted by Gasteiger charge is 2.38. The maximum absolute atomic E-state index is 6.34. The first-order valence-corrected chi connectivity index (χ1v) is 8.07. The van der Waals surface area contributed by atoms with Gasteiger partial charge >= 0.3 is 0 Å². The molecular formula is C14H27IO. The molecule has 1 aliphatic carbocycles. The summed E-state index contributed by atoms with van der Waals surface area (Å²) in [6, 6.07) is 0. The van der Waals surface area contributed by atoms with E-state index in [1.807, 2.05) is 0 Å². The minimum absolute atomic E-state index is 0.00413. The Morgan fingerprint density at radius 2 is 1.75 bits per heavy atom. The average Bonchev–Trinajstić information content (AvgIpc) is 2.16. The molecule has 1 rings (SSSR count). The lowest BCUT2D eigenvalue weighted by atomic mass is 9.75. The number of rotatable bonds is 3. The van der Waals surface area contributed by atoms with Gasteiger partial charge in [-0.25, -0.2) is 0 Å². The van der Waals surface area contributed by atoms with Crippen molar-refractivity contribution in [2.75, 3.05) is 4.43 Å². The molecule has 0 heterocycles. The summed E-state index contributed by atoms with van der Waals surface area (Å²) in [5, 5.41) is 0. The average molecular weight is 338 g/mol. The lowest BCUT2D eigenvalue weighted by Gasteiger charge is -2.44. The Labute approximate surface area is 115 Å². The van der Waals surface area contributed by atoms with Crippen LogP contribution in [0.1, 0.15) is 60.3 Å². The lowest BCUT2D eigenvalue weighted by molar-refractivity contribution is -0.139. The monoisotopic (exact) mass is 338 g/mol. The summed E-state index contributed by atoms with van der Waals surface area (Å²) in [7, 11) is 0. The summed E-state index contributed by atoms with van der Waals surface area (Å²) < 4.78 is 7.47. The van der Waals surface area contributed by atoms with Gasteiger partial charge in [0.1, 0.15) is 0 Å². The van der Waals surface area contributed by atoms with Crippen LogP contribution in [0.2, 0.25) is 0 Å². The molecule has 0 aromatic rings. The Morgan fingerprint density at radius 1 is 1.25 bits per heavy atom. The fourth-order valence-corrected chi connectivity index (χ4v) is 3.66. The van der Waals surface area contributed by atoms with Crippen molar-refractivity contribution >= 4 is 22.6 Å². The van der Waals surface area contributed by atoms with E-state index in [1.165, 1.54) is 25.7 Å². The molecule has 0 atom stereocenters. The lowest BCUT2D eigenvalue weighted by Crippen LogP contribution is -2.44. The Bertz CT molecular complexity index is 209. The van der Waals surface area contributed by atoms with Gasteiger partial charge in [0.05, 0.1) is 11.2 Å². The van der Waals surface area contributed by atoms with Crippen molar-refractivity contribution in [3.05, 3.63) is 0 Å². The van der Waals surface area contributed by atoms with E-state index >= 15 is 0 Å². The van der Waals surface area contributed by atoms with Crippen molar-refractivity contribution in [1.82, 2.24) is 0 Å². The van der Waals surface area contributed by atoms with Crippen molar-refractivity contribution in [3.63, 3.8) is 0 Å². The second-order valence-corrected chi connectivity index (χ2v) is 7.38. The third-order valence-electron chi connectivity index (χ3n) is 3.65. The third-order valence-corrected chi connectivity index (χ3v) is 5.04. The second-order valence-electron chi connectivity index (χ2n) is 6.61. The molecule has 0 amide bonds. The minimum atomic E-state index is -0.00413. The molecule has 96 valence electrons. The Balaban J connectivity index is 2.58. The van der Waals surface area contributed by atoms with Crippen molar-refractivity contribution in [1.29, 1.82) is 0 Å². The zero-order chi connectivity index (χ0) is 12.4. The highest BCUT2D eigenvalue weighted by atomic mass is 127. The van der Waals surface area contributed by atoms with Gasteiger partial charge < -0.3 is 4.74 Å². The van der Waals surface area contributed by atoms with E-state index in [1.54, 1.807) is 0 Å². The number of hydrogen-bond donors (Lipinski definition) is 0. The molecule has 0 saturated heterocycles. The molecule has 16 heavy (non-hydrogen) atoms. The van der Waals surface area contributed by atoms with E-state index in [2.05, 4.69) is 57.2 Å². The molecule has 0 aliphatic heterocycles. The van der Waals surface area contributed by atoms with Crippen molar-refractivity contribution in [3.8, 4) is 0 Å². The molecule has 1 saturated carbocycles. The molecule has 0 N–H and O–H groups in total. The van der Waals surface area contributed by atoms with Gasteiger partial charge in [0.15, 0.2) is 0 Å². The number of halogens is 1. The number of hydrogen-bond acceptors (Lipinski definition) is 1. The maximum Gasteiger partial charge on any atom is 0.0778 e. The fraction of sp³-hybridized carbons (Fsp3) is 1.00. The molecule has 1 aliphatic rings. The normalized spacial score (nSPS) is 32.1. The molecule has 0 radical (unpaired) electrons. The van der Waals surface area contributed by atoms with Crippen LogP contribution in [-0.2, 0) is 4.74 Å². The van der Waals surface area contributed by atoms with Crippen molar-refractivity contribution in [2.24, 2.45) is 11.8 Å². The van der Waals surface area contributed by atoms with E-state index in [9.17, 15) is 0 Å². The van der Waals surface area contributed by atoms with Crippen LogP contribution < -0.4 is 0 Å². The van der Waals surface area contributed by atoms with E-state index in [-0.39, 0.29) is 11.2 Å². The van der Waals surface area contributed by atoms with Gasteiger partial charge in [-0.05, 0) is 58.3 Å². The van der Waals surface area contributed by atoms with E-state index in [4.69, 9.17) is 4.74 Å². The predicted molar refractivity (Wildman–Crippen MR) is 79.3 cm³/mol. The fourth-order valence-electron chi connectivity index (χ4n) is 2.75. The van der Waals surface area contributed by atoms with Gasteiger partial charge in [0, 0.05) is 4.43 Å². The quantitative estimate of drug-likeness (QED) is 0.529. The van der Waals surface area contributed by atoms with E-state index in [0.29, 0.717) is 0 Å². The summed E-state index contributed by atoms with van der Waals surface area (Å²) in [5.41, 5.74) is 0.153. The zero-order valence-electron chi connectivity index (χ0n) is 11.5. The maximum atomic E-state index is 6.34.